The van der Waals surface area contributed by atoms with Crippen molar-refractivity contribution in [2.75, 3.05) is 39.9 Å². The maximum Gasteiger partial charge on any atom is 0.193 e. The van der Waals surface area contributed by atoms with Crippen molar-refractivity contribution >= 4 is 29.9 Å². The van der Waals surface area contributed by atoms with Crippen molar-refractivity contribution in [2.24, 2.45) is 4.99 Å². The van der Waals surface area contributed by atoms with Gasteiger partial charge in [0.25, 0.3) is 0 Å². The molecule has 0 amide bonds. The fourth-order valence-electron chi connectivity index (χ4n) is 2.70. The Bertz CT molecular complexity index is 296. The van der Waals surface area contributed by atoms with Crippen molar-refractivity contribution in [2.45, 2.75) is 44.8 Å². The van der Waals surface area contributed by atoms with E-state index in [1.165, 1.54) is 12.8 Å². The minimum absolute atomic E-state index is 0. The summed E-state index contributed by atoms with van der Waals surface area (Å²) in [6.07, 6.45) is 5.14. The van der Waals surface area contributed by atoms with Crippen LogP contribution in [0, 0.1) is 0 Å². The quantitative estimate of drug-likeness (QED) is 0.341. The molecule has 2 aliphatic heterocycles. The lowest BCUT2D eigenvalue weighted by atomic mass is 10.1. The Kier molecular flexibility index (Phi) is 8.79. The molecule has 6 heteroatoms. The number of nitrogens with one attached hydrogen (secondary N) is 1. The summed E-state index contributed by atoms with van der Waals surface area (Å²) in [6, 6.07) is 0. The van der Waals surface area contributed by atoms with E-state index in [1.54, 1.807) is 0 Å². The molecule has 0 aromatic rings. The van der Waals surface area contributed by atoms with Crippen LogP contribution in [0.2, 0.25) is 0 Å². The van der Waals surface area contributed by atoms with Crippen molar-refractivity contribution < 1.29 is 9.47 Å². The SMILES string of the molecule is CCCCNC(=NC)N1CCOC(C2CCCO2)C1.I. The van der Waals surface area contributed by atoms with Crippen LogP contribution in [-0.2, 0) is 9.47 Å². The average molecular weight is 397 g/mol. The predicted octanol–water partition coefficient (Wildman–Crippen LogP) is 1.86. The molecule has 0 aromatic carbocycles. The second kappa shape index (κ2) is 9.78. The van der Waals surface area contributed by atoms with Crippen LogP contribution in [0.25, 0.3) is 0 Å². The predicted molar refractivity (Wildman–Crippen MR) is 92.0 cm³/mol. The molecule has 2 saturated heterocycles. The summed E-state index contributed by atoms with van der Waals surface area (Å²) in [5.74, 6) is 1.000. The van der Waals surface area contributed by atoms with Gasteiger partial charge in [0.15, 0.2) is 5.96 Å². The van der Waals surface area contributed by atoms with Crippen molar-refractivity contribution in [1.29, 1.82) is 0 Å². The average Bonchev–Trinajstić information content (AvgIpc) is 2.98. The normalized spacial score (nSPS) is 27.3. The van der Waals surface area contributed by atoms with Crippen LogP contribution in [0.15, 0.2) is 4.99 Å². The molecular formula is C14H28IN3O2. The standard InChI is InChI=1S/C14H27N3O2.HI/c1-3-4-7-16-14(15-2)17-8-10-19-13(11-17)12-6-5-9-18-12;/h12-13H,3-11H2,1-2H3,(H,15,16);1H. The van der Waals surface area contributed by atoms with Gasteiger partial charge < -0.3 is 19.7 Å². The van der Waals surface area contributed by atoms with Gasteiger partial charge in [0.1, 0.15) is 6.10 Å². The lowest BCUT2D eigenvalue weighted by Crippen LogP contribution is -2.53. The van der Waals surface area contributed by atoms with Crippen LogP contribution in [0.3, 0.4) is 0 Å². The Hall–Kier alpha value is -0.0800. The molecule has 0 aromatic heterocycles. The first-order valence-corrected chi connectivity index (χ1v) is 7.54. The number of hydrogen-bond acceptors (Lipinski definition) is 3. The molecule has 0 saturated carbocycles. The zero-order valence-electron chi connectivity index (χ0n) is 12.6. The van der Waals surface area contributed by atoms with Crippen LogP contribution in [0.4, 0.5) is 0 Å². The van der Waals surface area contributed by atoms with E-state index in [4.69, 9.17) is 9.47 Å². The highest BCUT2D eigenvalue weighted by molar-refractivity contribution is 14.0. The summed E-state index contributed by atoms with van der Waals surface area (Å²) in [5.41, 5.74) is 0. The third-order valence-corrected chi connectivity index (χ3v) is 3.80. The van der Waals surface area contributed by atoms with Crippen LogP contribution >= 0.6 is 24.0 Å². The summed E-state index contributed by atoms with van der Waals surface area (Å²) in [6.45, 7) is 6.64. The maximum absolute atomic E-state index is 5.86. The van der Waals surface area contributed by atoms with E-state index in [1.807, 2.05) is 7.05 Å². The van der Waals surface area contributed by atoms with E-state index in [-0.39, 0.29) is 36.2 Å². The smallest absolute Gasteiger partial charge is 0.193 e. The lowest BCUT2D eigenvalue weighted by molar-refractivity contribution is -0.0816. The molecule has 2 fully saturated rings. The van der Waals surface area contributed by atoms with Gasteiger partial charge in [-0.2, -0.15) is 0 Å². The van der Waals surface area contributed by atoms with Crippen molar-refractivity contribution in [3.63, 3.8) is 0 Å². The van der Waals surface area contributed by atoms with E-state index >= 15 is 0 Å². The molecule has 0 bridgehead atoms. The third kappa shape index (κ3) is 5.04. The number of aliphatic imine (C=N–C) groups is 1. The van der Waals surface area contributed by atoms with Gasteiger partial charge in [-0.1, -0.05) is 13.3 Å². The van der Waals surface area contributed by atoms with Gasteiger partial charge in [-0.05, 0) is 19.3 Å². The van der Waals surface area contributed by atoms with Crippen LogP contribution in [0.1, 0.15) is 32.6 Å². The van der Waals surface area contributed by atoms with Gasteiger partial charge in [0, 0.05) is 33.3 Å². The largest absolute Gasteiger partial charge is 0.375 e. The van der Waals surface area contributed by atoms with Gasteiger partial charge in [0.05, 0.1) is 12.7 Å². The molecule has 5 nitrogen and oxygen atoms in total. The number of unbranched alkanes of at least 4 members (excludes halogenated alkanes) is 1. The molecule has 2 aliphatic rings. The Balaban J connectivity index is 0.00000200. The molecule has 0 spiro atoms. The van der Waals surface area contributed by atoms with Gasteiger partial charge in [0.2, 0.25) is 0 Å². The Morgan fingerprint density at radius 1 is 1.30 bits per heavy atom. The first-order chi connectivity index (χ1) is 9.35. The first-order valence-electron chi connectivity index (χ1n) is 7.54. The number of rotatable bonds is 4. The van der Waals surface area contributed by atoms with Gasteiger partial charge in [-0.15, -0.1) is 24.0 Å². The monoisotopic (exact) mass is 397 g/mol. The molecule has 2 heterocycles. The van der Waals surface area contributed by atoms with Gasteiger partial charge in [-0.25, -0.2) is 0 Å². The third-order valence-electron chi connectivity index (χ3n) is 3.80. The van der Waals surface area contributed by atoms with Gasteiger partial charge in [-0.3, -0.25) is 4.99 Å². The molecule has 1 N–H and O–H groups in total. The first kappa shape index (κ1) is 18.0. The van der Waals surface area contributed by atoms with Crippen molar-refractivity contribution in [1.82, 2.24) is 10.2 Å². The number of morpholine rings is 1. The highest BCUT2D eigenvalue weighted by atomic mass is 127. The molecule has 20 heavy (non-hydrogen) atoms. The van der Waals surface area contributed by atoms with E-state index in [0.29, 0.717) is 0 Å². The van der Waals surface area contributed by atoms with E-state index in [2.05, 4.69) is 22.1 Å². The van der Waals surface area contributed by atoms with E-state index < -0.39 is 0 Å². The number of guanidine groups is 1. The molecule has 2 unspecified atom stereocenters. The zero-order chi connectivity index (χ0) is 13.5. The minimum Gasteiger partial charge on any atom is -0.375 e. The topological polar surface area (TPSA) is 46.1 Å². The molecule has 2 rings (SSSR count). The Labute approximate surface area is 139 Å². The summed E-state index contributed by atoms with van der Waals surface area (Å²) >= 11 is 0. The molecule has 0 radical (unpaired) electrons. The van der Waals surface area contributed by atoms with Crippen LogP contribution in [0.5, 0.6) is 0 Å². The highest BCUT2D eigenvalue weighted by Gasteiger charge is 2.32. The summed E-state index contributed by atoms with van der Waals surface area (Å²) in [4.78, 5) is 6.68. The Morgan fingerprint density at radius 3 is 2.75 bits per heavy atom. The Morgan fingerprint density at radius 2 is 2.10 bits per heavy atom. The number of halogens is 1. The highest BCUT2D eigenvalue weighted by Crippen LogP contribution is 2.20. The van der Waals surface area contributed by atoms with Crippen LogP contribution in [-0.4, -0.2) is 63.0 Å². The number of ether oxygens (including phenoxy) is 2. The number of hydrogen-bond donors (Lipinski definition) is 1. The second-order valence-corrected chi connectivity index (χ2v) is 5.23. The second-order valence-electron chi connectivity index (χ2n) is 5.23. The van der Waals surface area contributed by atoms with E-state index in [0.717, 1.165) is 51.6 Å². The van der Waals surface area contributed by atoms with Crippen molar-refractivity contribution in [3.8, 4) is 0 Å². The molecule has 2 atom stereocenters. The molecule has 118 valence electrons. The fraction of sp³-hybridized carbons (Fsp3) is 0.929. The fourth-order valence-corrected chi connectivity index (χ4v) is 2.70. The summed E-state index contributed by atoms with van der Waals surface area (Å²) in [5, 5.41) is 3.43. The van der Waals surface area contributed by atoms with E-state index in [9.17, 15) is 0 Å². The lowest BCUT2D eigenvalue weighted by Gasteiger charge is -2.37. The maximum atomic E-state index is 5.86. The van der Waals surface area contributed by atoms with Crippen LogP contribution < -0.4 is 5.32 Å². The number of nitrogens with zero attached hydrogens (tertiary/aromatic N) is 2. The molecular weight excluding hydrogens is 369 g/mol. The van der Waals surface area contributed by atoms with Gasteiger partial charge >= 0.3 is 0 Å². The molecule has 0 aliphatic carbocycles. The minimum atomic E-state index is 0. The zero-order valence-corrected chi connectivity index (χ0v) is 15.0. The summed E-state index contributed by atoms with van der Waals surface area (Å²) < 4.78 is 11.6. The summed E-state index contributed by atoms with van der Waals surface area (Å²) in [7, 11) is 1.85. The van der Waals surface area contributed by atoms with Crippen molar-refractivity contribution in [3.05, 3.63) is 0 Å².